The number of benzene rings is 1. The van der Waals surface area contributed by atoms with Crippen LogP contribution in [0.1, 0.15) is 50.7 Å². The van der Waals surface area contributed by atoms with Crippen molar-refractivity contribution in [3.05, 3.63) is 54.6 Å². The minimum atomic E-state index is -1.11. The quantitative estimate of drug-likeness (QED) is 0.317. The Morgan fingerprint density at radius 1 is 1.15 bits per heavy atom. The Hall–Kier alpha value is -2.97. The maximum absolute atomic E-state index is 14.7. The first kappa shape index (κ1) is 30.0. The van der Waals surface area contributed by atoms with Crippen LogP contribution in [-0.2, 0) is 19.1 Å². The predicted molar refractivity (Wildman–Crippen MR) is 156 cm³/mol. The number of amides is 3. The van der Waals surface area contributed by atoms with Crippen molar-refractivity contribution in [2.75, 3.05) is 38.2 Å². The van der Waals surface area contributed by atoms with Crippen molar-refractivity contribution in [2.45, 2.75) is 70.6 Å². The number of unbranched alkanes of at least 4 members (excludes halogenated alkanes) is 2. The lowest BCUT2D eigenvalue weighted by atomic mass is 9.62. The highest BCUT2D eigenvalue weighted by atomic mass is 16.5. The van der Waals surface area contributed by atoms with Crippen LogP contribution in [0.2, 0.25) is 0 Å². The molecular formula is C32H45N3O5. The Balaban J connectivity index is 1.83. The summed E-state index contributed by atoms with van der Waals surface area (Å²) in [6, 6.07) is 5.12. The molecule has 3 amide bonds. The van der Waals surface area contributed by atoms with E-state index in [0.29, 0.717) is 32.4 Å². The first-order valence-corrected chi connectivity index (χ1v) is 14.4. The molecule has 0 aromatic heterocycles. The third-order valence-corrected chi connectivity index (χ3v) is 9.38. The molecule has 3 fully saturated rings. The molecule has 6 atom stereocenters. The number of carbonyl (C=O) groups is 3. The van der Waals surface area contributed by atoms with Crippen molar-refractivity contribution in [2.24, 2.45) is 17.8 Å². The molecule has 3 aliphatic heterocycles. The van der Waals surface area contributed by atoms with Gasteiger partial charge in [0.2, 0.25) is 11.8 Å². The summed E-state index contributed by atoms with van der Waals surface area (Å²) in [4.78, 5) is 48.0. The van der Waals surface area contributed by atoms with Crippen LogP contribution in [0.15, 0.2) is 43.5 Å². The lowest BCUT2D eigenvalue weighted by Gasteiger charge is -2.38. The van der Waals surface area contributed by atoms with Crippen LogP contribution in [0.3, 0.4) is 0 Å². The van der Waals surface area contributed by atoms with Gasteiger partial charge in [-0.3, -0.25) is 14.4 Å². The van der Waals surface area contributed by atoms with Crippen molar-refractivity contribution in [3.63, 3.8) is 0 Å². The van der Waals surface area contributed by atoms with E-state index in [0.717, 1.165) is 23.2 Å². The lowest BCUT2D eigenvalue weighted by Crippen LogP contribution is -2.57. The van der Waals surface area contributed by atoms with Crippen LogP contribution in [0.5, 0.6) is 0 Å². The zero-order valence-electron chi connectivity index (χ0n) is 24.7. The molecule has 0 aliphatic carbocycles. The Morgan fingerprint density at radius 2 is 1.85 bits per heavy atom. The van der Waals surface area contributed by atoms with Gasteiger partial charge in [0.05, 0.1) is 17.4 Å². The van der Waals surface area contributed by atoms with Crippen LogP contribution in [0.25, 0.3) is 0 Å². The minimum Gasteiger partial charge on any atom is -0.396 e. The maximum atomic E-state index is 14.7. The lowest BCUT2D eigenvalue weighted by molar-refractivity contribution is -0.150. The summed E-state index contributed by atoms with van der Waals surface area (Å²) in [5.74, 6) is -2.02. The first-order chi connectivity index (χ1) is 19.0. The molecule has 218 valence electrons. The number of nitrogens with zero attached hydrogens (tertiary/aromatic N) is 3. The van der Waals surface area contributed by atoms with Crippen molar-refractivity contribution >= 4 is 23.4 Å². The SMILES string of the molecule is C=CCN(C)C(=O)[C@H]1[C@H]2C(=O)N(CCCCCO)C(C(=O)N(CC=C)c3cc(C)ccc3C)C23CC(C)[C@]1(C)O3. The molecule has 4 rings (SSSR count). The molecule has 1 spiro atoms. The normalized spacial score (nSPS) is 30.4. The van der Waals surface area contributed by atoms with Gasteiger partial charge in [0.25, 0.3) is 5.91 Å². The fourth-order valence-electron chi connectivity index (χ4n) is 7.32. The van der Waals surface area contributed by atoms with Crippen LogP contribution < -0.4 is 4.90 Å². The molecule has 3 unspecified atom stereocenters. The van der Waals surface area contributed by atoms with Crippen molar-refractivity contribution in [3.8, 4) is 0 Å². The minimum absolute atomic E-state index is 0.0270. The average molecular weight is 552 g/mol. The van der Waals surface area contributed by atoms with Gasteiger partial charge in [-0.05, 0) is 69.6 Å². The predicted octanol–water partition coefficient (Wildman–Crippen LogP) is 3.64. The zero-order chi connectivity index (χ0) is 29.4. The van der Waals surface area contributed by atoms with Gasteiger partial charge in [-0.1, -0.05) is 31.2 Å². The second kappa shape index (κ2) is 11.5. The second-order valence-corrected chi connectivity index (χ2v) is 12.1. The summed E-state index contributed by atoms with van der Waals surface area (Å²) in [5.41, 5.74) is 0.784. The number of carbonyl (C=O) groups excluding carboxylic acids is 3. The van der Waals surface area contributed by atoms with Gasteiger partial charge in [-0.2, -0.15) is 0 Å². The van der Waals surface area contributed by atoms with E-state index in [1.165, 1.54) is 0 Å². The molecule has 1 aromatic carbocycles. The molecule has 1 aromatic rings. The highest BCUT2D eigenvalue weighted by Gasteiger charge is 2.80. The Labute approximate surface area is 238 Å². The summed E-state index contributed by atoms with van der Waals surface area (Å²) >= 11 is 0. The zero-order valence-corrected chi connectivity index (χ0v) is 24.7. The number of hydrogen-bond donors (Lipinski definition) is 1. The molecule has 1 N–H and O–H groups in total. The fraction of sp³-hybridized carbons (Fsp3) is 0.594. The molecule has 0 saturated carbocycles. The molecule has 0 radical (unpaired) electrons. The monoisotopic (exact) mass is 551 g/mol. The van der Waals surface area contributed by atoms with Crippen LogP contribution in [0.4, 0.5) is 5.69 Å². The van der Waals surface area contributed by atoms with Gasteiger partial charge in [0.1, 0.15) is 11.6 Å². The number of aliphatic hydroxyl groups is 1. The number of hydrogen-bond acceptors (Lipinski definition) is 5. The summed E-state index contributed by atoms with van der Waals surface area (Å²) in [6.45, 7) is 16.7. The van der Waals surface area contributed by atoms with Gasteiger partial charge in [-0.15, -0.1) is 13.2 Å². The highest BCUT2D eigenvalue weighted by Crippen LogP contribution is 2.65. The maximum Gasteiger partial charge on any atom is 0.253 e. The van der Waals surface area contributed by atoms with E-state index in [4.69, 9.17) is 4.74 Å². The number of anilines is 1. The smallest absolute Gasteiger partial charge is 0.253 e. The van der Waals surface area contributed by atoms with Crippen LogP contribution in [-0.4, -0.2) is 83.2 Å². The van der Waals surface area contributed by atoms with Gasteiger partial charge in [0.15, 0.2) is 0 Å². The number of likely N-dealkylation sites (tertiary alicyclic amines) is 1. The van der Waals surface area contributed by atoms with Crippen molar-refractivity contribution in [1.29, 1.82) is 0 Å². The van der Waals surface area contributed by atoms with E-state index in [-0.39, 0.29) is 36.8 Å². The van der Waals surface area contributed by atoms with Gasteiger partial charge in [-0.25, -0.2) is 0 Å². The number of fused-ring (bicyclic) bond motifs is 1. The second-order valence-electron chi connectivity index (χ2n) is 12.1. The Morgan fingerprint density at radius 3 is 2.50 bits per heavy atom. The number of rotatable bonds is 12. The summed E-state index contributed by atoms with van der Waals surface area (Å²) in [7, 11) is 1.72. The standard InChI is InChI=1S/C32H45N3O5/c1-8-15-33(7)28(37)25-26-29(38)35(17-11-10-12-18-36)27(32(26)20-23(5)31(25,6)40-32)30(39)34(16-9-2)24-19-21(3)13-14-22(24)4/h8-9,13-14,19,23,25-27,36H,1-2,10-12,15-18,20H2,3-7H3/t23?,25-,26+,27?,31+,32?/m1/s1. The van der Waals surface area contributed by atoms with Crippen molar-refractivity contribution < 1.29 is 24.2 Å². The van der Waals surface area contributed by atoms with E-state index in [9.17, 15) is 19.5 Å². The molecule has 3 heterocycles. The van der Waals surface area contributed by atoms with E-state index in [2.05, 4.69) is 20.1 Å². The summed E-state index contributed by atoms with van der Waals surface area (Å²) < 4.78 is 6.88. The molecular weight excluding hydrogens is 506 g/mol. The summed E-state index contributed by atoms with van der Waals surface area (Å²) in [5, 5.41) is 9.30. The number of aliphatic hydroxyl groups excluding tert-OH is 1. The van der Waals surface area contributed by atoms with Crippen LogP contribution in [0, 0.1) is 31.6 Å². The molecule has 40 heavy (non-hydrogen) atoms. The molecule has 2 bridgehead atoms. The number of likely N-dealkylation sites (N-methyl/N-ethyl adjacent to an activating group) is 1. The topological polar surface area (TPSA) is 90.4 Å². The molecule has 8 nitrogen and oxygen atoms in total. The largest absolute Gasteiger partial charge is 0.396 e. The molecule has 3 saturated heterocycles. The van der Waals surface area contributed by atoms with E-state index in [1.807, 2.05) is 39.0 Å². The third-order valence-electron chi connectivity index (χ3n) is 9.38. The first-order valence-electron chi connectivity index (χ1n) is 14.4. The van der Waals surface area contributed by atoms with Crippen LogP contribution >= 0.6 is 0 Å². The number of ether oxygens (including phenoxy) is 1. The summed E-state index contributed by atoms with van der Waals surface area (Å²) in [6.07, 6.45) is 5.88. The van der Waals surface area contributed by atoms with Gasteiger partial charge >= 0.3 is 0 Å². The number of aryl methyl sites for hydroxylation is 2. The van der Waals surface area contributed by atoms with Gasteiger partial charge in [0, 0.05) is 39.0 Å². The molecule has 8 heteroatoms. The Kier molecular flexibility index (Phi) is 8.62. The average Bonchev–Trinajstić information content (AvgIpc) is 3.42. The van der Waals surface area contributed by atoms with E-state index in [1.54, 1.807) is 33.9 Å². The van der Waals surface area contributed by atoms with E-state index < -0.39 is 29.1 Å². The molecule has 3 aliphatic rings. The third kappa shape index (κ3) is 4.69. The Bertz CT molecular complexity index is 1180. The fourth-order valence-corrected chi connectivity index (χ4v) is 7.32. The highest BCUT2D eigenvalue weighted by molar-refractivity contribution is 6.05. The van der Waals surface area contributed by atoms with Crippen molar-refractivity contribution in [1.82, 2.24) is 9.80 Å². The van der Waals surface area contributed by atoms with E-state index >= 15 is 0 Å². The van der Waals surface area contributed by atoms with Gasteiger partial charge < -0.3 is 24.5 Å².